The minimum atomic E-state index is 0.944. The monoisotopic (exact) mass is 312 g/mol. The minimum absolute atomic E-state index is 0.944. The van der Waals surface area contributed by atoms with E-state index >= 15 is 0 Å². The Balaban J connectivity index is 1.97. The Hall–Kier alpha value is -3.07. The van der Waals surface area contributed by atoms with Crippen LogP contribution in [0, 0.1) is 6.92 Å². The zero-order chi connectivity index (χ0) is 16.5. The lowest BCUT2D eigenvalue weighted by Crippen LogP contribution is -2.32. The molecule has 0 aliphatic rings. The van der Waals surface area contributed by atoms with Crippen molar-refractivity contribution in [1.82, 2.24) is 9.97 Å². The summed E-state index contributed by atoms with van der Waals surface area (Å²) in [6, 6.07) is 21.2. The summed E-state index contributed by atoms with van der Waals surface area (Å²) in [7, 11) is 2.12. The highest BCUT2D eigenvalue weighted by Gasteiger charge is 2.17. The van der Waals surface area contributed by atoms with Gasteiger partial charge < -0.3 is 0 Å². The normalized spacial score (nSPS) is 10.9. The van der Waals surface area contributed by atoms with Crippen molar-refractivity contribution in [2.75, 3.05) is 0 Å². The van der Waals surface area contributed by atoms with Crippen LogP contribution in [0.5, 0.6) is 0 Å². The predicted octanol–water partition coefficient (Wildman–Crippen LogP) is 4.10. The molecule has 0 unspecified atom stereocenters. The molecule has 0 aliphatic heterocycles. The smallest absolute Gasteiger partial charge is 0.213 e. The van der Waals surface area contributed by atoms with Gasteiger partial charge in [0.2, 0.25) is 11.2 Å². The second-order valence-electron chi connectivity index (χ2n) is 5.93. The highest BCUT2D eigenvalue weighted by molar-refractivity contribution is 5.92. The number of rotatable bonds is 2. The molecule has 24 heavy (non-hydrogen) atoms. The SMILES string of the molecule is Cc1ccccc1-c1ccc2c(-c3ccncn3)cccc2[n+]1C. The van der Waals surface area contributed by atoms with E-state index in [1.165, 1.54) is 27.7 Å². The molecule has 0 spiro atoms. The van der Waals surface area contributed by atoms with Crippen molar-refractivity contribution in [3.63, 3.8) is 0 Å². The van der Waals surface area contributed by atoms with Crippen LogP contribution in [0.15, 0.2) is 73.2 Å². The molecule has 0 fully saturated rings. The Morgan fingerprint density at radius 1 is 0.833 bits per heavy atom. The van der Waals surface area contributed by atoms with Crippen molar-refractivity contribution in [2.45, 2.75) is 6.92 Å². The first-order valence-corrected chi connectivity index (χ1v) is 8.00. The van der Waals surface area contributed by atoms with Gasteiger partial charge in [-0.3, -0.25) is 0 Å². The molecule has 3 heteroatoms. The standard InChI is InChI=1S/C21H18N3/c1-15-6-3-4-7-16(15)21-11-10-18-17(19-12-13-22-14-23-19)8-5-9-20(18)24(21)2/h3-14H,1-2H3/q+1. The van der Waals surface area contributed by atoms with Gasteiger partial charge in [0.1, 0.15) is 13.4 Å². The Labute approximate surface area is 141 Å². The van der Waals surface area contributed by atoms with Crippen LogP contribution in [-0.4, -0.2) is 9.97 Å². The molecule has 2 heterocycles. The molecular formula is C21H18N3+. The molecule has 0 radical (unpaired) electrons. The zero-order valence-electron chi connectivity index (χ0n) is 13.8. The lowest BCUT2D eigenvalue weighted by molar-refractivity contribution is -0.633. The number of benzene rings is 2. The third-order valence-corrected chi connectivity index (χ3v) is 4.49. The molecule has 3 nitrogen and oxygen atoms in total. The molecule has 116 valence electrons. The van der Waals surface area contributed by atoms with Crippen LogP contribution in [0.4, 0.5) is 0 Å². The average Bonchev–Trinajstić information content (AvgIpc) is 2.63. The molecule has 0 saturated carbocycles. The van der Waals surface area contributed by atoms with Gasteiger partial charge in [0.25, 0.3) is 0 Å². The zero-order valence-corrected chi connectivity index (χ0v) is 13.8. The lowest BCUT2D eigenvalue weighted by Gasteiger charge is -2.09. The van der Waals surface area contributed by atoms with E-state index in [2.05, 4.69) is 83.1 Å². The molecule has 2 aromatic heterocycles. The lowest BCUT2D eigenvalue weighted by atomic mass is 10.0. The van der Waals surface area contributed by atoms with E-state index in [0.717, 1.165) is 11.3 Å². The first-order valence-electron chi connectivity index (χ1n) is 8.00. The quantitative estimate of drug-likeness (QED) is 0.522. The van der Waals surface area contributed by atoms with Crippen molar-refractivity contribution in [2.24, 2.45) is 7.05 Å². The highest BCUT2D eigenvalue weighted by Crippen LogP contribution is 2.28. The van der Waals surface area contributed by atoms with Crippen LogP contribution in [0.25, 0.3) is 33.4 Å². The van der Waals surface area contributed by atoms with E-state index in [1.807, 2.05) is 6.07 Å². The number of fused-ring (bicyclic) bond motifs is 1. The van der Waals surface area contributed by atoms with E-state index in [0.29, 0.717) is 0 Å². The van der Waals surface area contributed by atoms with Gasteiger partial charge in [-0.1, -0.05) is 30.3 Å². The Morgan fingerprint density at radius 3 is 2.46 bits per heavy atom. The summed E-state index contributed by atoms with van der Waals surface area (Å²) < 4.78 is 2.25. The van der Waals surface area contributed by atoms with Crippen molar-refractivity contribution in [3.8, 4) is 22.5 Å². The average molecular weight is 312 g/mol. The summed E-state index contributed by atoms with van der Waals surface area (Å²) in [5, 5.41) is 1.19. The van der Waals surface area contributed by atoms with Gasteiger partial charge in [0, 0.05) is 29.5 Å². The van der Waals surface area contributed by atoms with Gasteiger partial charge >= 0.3 is 0 Å². The maximum absolute atomic E-state index is 4.40. The molecule has 0 bridgehead atoms. The largest absolute Gasteiger partial charge is 0.245 e. The number of hydrogen-bond acceptors (Lipinski definition) is 2. The summed E-state index contributed by atoms with van der Waals surface area (Å²) in [6.45, 7) is 2.15. The molecule has 0 atom stereocenters. The summed E-state index contributed by atoms with van der Waals surface area (Å²) >= 11 is 0. The summed E-state index contributed by atoms with van der Waals surface area (Å²) in [4.78, 5) is 8.42. The Kier molecular flexibility index (Phi) is 3.54. The number of pyridine rings is 1. The maximum Gasteiger partial charge on any atom is 0.213 e. The summed E-state index contributed by atoms with van der Waals surface area (Å²) in [5.41, 5.74) is 7.00. The Morgan fingerprint density at radius 2 is 1.67 bits per heavy atom. The van der Waals surface area contributed by atoms with Gasteiger partial charge in [-0.2, -0.15) is 4.57 Å². The first-order chi connectivity index (χ1) is 11.8. The second kappa shape index (κ2) is 5.85. The maximum atomic E-state index is 4.40. The molecule has 4 rings (SSSR count). The van der Waals surface area contributed by atoms with E-state index in [9.17, 15) is 0 Å². The third kappa shape index (κ3) is 2.35. The van der Waals surface area contributed by atoms with Crippen LogP contribution in [0.1, 0.15) is 5.56 Å². The molecule has 2 aromatic carbocycles. The topological polar surface area (TPSA) is 29.7 Å². The molecule has 4 aromatic rings. The van der Waals surface area contributed by atoms with Crippen LogP contribution >= 0.6 is 0 Å². The van der Waals surface area contributed by atoms with E-state index in [-0.39, 0.29) is 0 Å². The van der Waals surface area contributed by atoms with E-state index in [1.54, 1.807) is 12.5 Å². The predicted molar refractivity (Wildman–Crippen MR) is 96.3 cm³/mol. The fraction of sp³-hybridized carbons (Fsp3) is 0.0952. The van der Waals surface area contributed by atoms with Crippen LogP contribution in [0.3, 0.4) is 0 Å². The molecule has 0 saturated heterocycles. The number of hydrogen-bond donors (Lipinski definition) is 0. The fourth-order valence-electron chi connectivity index (χ4n) is 3.23. The highest BCUT2D eigenvalue weighted by atomic mass is 14.9. The van der Waals surface area contributed by atoms with E-state index in [4.69, 9.17) is 0 Å². The minimum Gasteiger partial charge on any atom is -0.245 e. The van der Waals surface area contributed by atoms with Crippen molar-refractivity contribution in [1.29, 1.82) is 0 Å². The second-order valence-corrected chi connectivity index (χ2v) is 5.93. The molecule has 0 N–H and O–H groups in total. The van der Waals surface area contributed by atoms with Crippen LogP contribution in [-0.2, 0) is 7.05 Å². The number of nitrogens with zero attached hydrogens (tertiary/aromatic N) is 3. The number of aryl methyl sites for hydroxylation is 2. The summed E-state index contributed by atoms with van der Waals surface area (Å²) in [6.07, 6.45) is 3.37. The van der Waals surface area contributed by atoms with Crippen molar-refractivity contribution < 1.29 is 4.57 Å². The Bertz CT molecular complexity index is 1020. The molecular weight excluding hydrogens is 294 g/mol. The van der Waals surface area contributed by atoms with Crippen molar-refractivity contribution in [3.05, 3.63) is 78.8 Å². The fourth-order valence-corrected chi connectivity index (χ4v) is 3.23. The first kappa shape index (κ1) is 14.5. The van der Waals surface area contributed by atoms with Gasteiger partial charge in [-0.05, 0) is 30.7 Å². The van der Waals surface area contributed by atoms with Gasteiger partial charge in [-0.25, -0.2) is 9.97 Å². The molecule has 0 aliphatic carbocycles. The van der Waals surface area contributed by atoms with E-state index < -0.39 is 0 Å². The van der Waals surface area contributed by atoms with Crippen molar-refractivity contribution >= 4 is 10.9 Å². The number of aromatic nitrogens is 3. The molecule has 0 amide bonds. The summed E-state index contributed by atoms with van der Waals surface area (Å²) in [5.74, 6) is 0. The third-order valence-electron chi connectivity index (χ3n) is 4.49. The van der Waals surface area contributed by atoms with Gasteiger partial charge in [0.15, 0.2) is 0 Å². The van der Waals surface area contributed by atoms with Crippen LogP contribution in [0.2, 0.25) is 0 Å². The van der Waals surface area contributed by atoms with Crippen LogP contribution < -0.4 is 4.57 Å². The van der Waals surface area contributed by atoms with Gasteiger partial charge in [-0.15, -0.1) is 0 Å². The van der Waals surface area contributed by atoms with Gasteiger partial charge in [0.05, 0.1) is 11.1 Å².